The first-order valence-electron chi connectivity index (χ1n) is 5.64. The zero-order valence-electron chi connectivity index (χ0n) is 9.54. The number of rotatable bonds is 4. The first kappa shape index (κ1) is 11.8. The molecule has 0 saturated heterocycles. The molecule has 0 fully saturated rings. The lowest BCUT2D eigenvalue weighted by Crippen LogP contribution is -2.22. The second-order valence-corrected chi connectivity index (χ2v) is 4.38. The Kier molecular flexibility index (Phi) is 3.58. The molecule has 0 amide bonds. The summed E-state index contributed by atoms with van der Waals surface area (Å²) >= 11 is 0. The van der Waals surface area contributed by atoms with Gasteiger partial charge >= 0.3 is 0 Å². The number of ether oxygens (including phenoxy) is 1. The van der Waals surface area contributed by atoms with E-state index in [1.165, 1.54) is 0 Å². The fourth-order valence-corrected chi connectivity index (χ4v) is 1.95. The molecular formula is C14H15NO2. The van der Waals surface area contributed by atoms with Gasteiger partial charge in [-0.3, -0.25) is 0 Å². The minimum Gasteiger partial charge on any atom is -0.389 e. The molecule has 0 radical (unpaired) electrons. The van der Waals surface area contributed by atoms with Crippen molar-refractivity contribution in [3.05, 3.63) is 48.0 Å². The standard InChI is InChI=1S/C14H15NO2/c15-10-14(7-6-13(16)8-14)11-17-9-12-4-2-1-3-5-12/h1-7,13,16H,8-9,11H2/t13-,14+/m0/s1. The third kappa shape index (κ3) is 2.94. The average molecular weight is 229 g/mol. The van der Waals surface area contributed by atoms with E-state index in [9.17, 15) is 5.11 Å². The normalized spacial score (nSPS) is 26.9. The van der Waals surface area contributed by atoms with Gasteiger partial charge in [0.1, 0.15) is 5.41 Å². The highest BCUT2D eigenvalue weighted by Gasteiger charge is 2.34. The molecule has 2 atom stereocenters. The molecule has 0 unspecified atom stereocenters. The van der Waals surface area contributed by atoms with Crippen molar-refractivity contribution in [1.29, 1.82) is 5.26 Å². The van der Waals surface area contributed by atoms with Crippen LogP contribution in [0.25, 0.3) is 0 Å². The quantitative estimate of drug-likeness (QED) is 0.804. The van der Waals surface area contributed by atoms with Gasteiger partial charge in [0, 0.05) is 6.42 Å². The molecule has 2 rings (SSSR count). The topological polar surface area (TPSA) is 53.2 Å². The summed E-state index contributed by atoms with van der Waals surface area (Å²) in [5.41, 5.74) is 0.428. The van der Waals surface area contributed by atoms with Crippen molar-refractivity contribution in [3.63, 3.8) is 0 Å². The van der Waals surface area contributed by atoms with E-state index in [2.05, 4.69) is 6.07 Å². The second-order valence-electron chi connectivity index (χ2n) is 4.38. The summed E-state index contributed by atoms with van der Waals surface area (Å²) in [5.74, 6) is 0. The summed E-state index contributed by atoms with van der Waals surface area (Å²) < 4.78 is 5.56. The van der Waals surface area contributed by atoms with Gasteiger partial charge in [-0.1, -0.05) is 42.5 Å². The summed E-state index contributed by atoms with van der Waals surface area (Å²) in [5, 5.41) is 18.6. The zero-order chi connectivity index (χ0) is 12.1. The van der Waals surface area contributed by atoms with Crippen molar-refractivity contribution in [2.75, 3.05) is 6.61 Å². The lowest BCUT2D eigenvalue weighted by Gasteiger charge is -2.19. The lowest BCUT2D eigenvalue weighted by molar-refractivity contribution is 0.0658. The van der Waals surface area contributed by atoms with Crippen molar-refractivity contribution in [2.24, 2.45) is 5.41 Å². The predicted octanol–water partition coefficient (Wildman–Crippen LogP) is 2.03. The average Bonchev–Trinajstić information content (AvgIpc) is 2.73. The molecule has 0 aromatic heterocycles. The fraction of sp³-hybridized carbons (Fsp3) is 0.357. The van der Waals surface area contributed by atoms with Crippen LogP contribution in [-0.4, -0.2) is 17.8 Å². The van der Waals surface area contributed by atoms with Crippen LogP contribution >= 0.6 is 0 Å². The highest BCUT2D eigenvalue weighted by Crippen LogP contribution is 2.31. The van der Waals surface area contributed by atoms with E-state index in [1.54, 1.807) is 12.2 Å². The van der Waals surface area contributed by atoms with Crippen molar-refractivity contribution in [2.45, 2.75) is 19.1 Å². The lowest BCUT2D eigenvalue weighted by atomic mass is 9.90. The van der Waals surface area contributed by atoms with E-state index in [0.717, 1.165) is 5.56 Å². The van der Waals surface area contributed by atoms with Gasteiger partial charge in [-0.15, -0.1) is 0 Å². The number of nitrogens with zero attached hydrogens (tertiary/aromatic N) is 1. The van der Waals surface area contributed by atoms with E-state index in [4.69, 9.17) is 10.00 Å². The summed E-state index contributed by atoms with van der Waals surface area (Å²) in [6, 6.07) is 12.1. The molecule has 1 aliphatic rings. The Morgan fingerprint density at radius 3 is 2.76 bits per heavy atom. The maximum absolute atomic E-state index is 9.42. The Morgan fingerprint density at radius 1 is 1.41 bits per heavy atom. The SMILES string of the molecule is N#C[C@@]1(COCc2ccccc2)C=C[C@H](O)C1. The molecule has 3 heteroatoms. The van der Waals surface area contributed by atoms with Crippen LogP contribution in [0.2, 0.25) is 0 Å². The Hall–Kier alpha value is -1.63. The molecule has 88 valence electrons. The number of hydrogen-bond donors (Lipinski definition) is 1. The summed E-state index contributed by atoms with van der Waals surface area (Å²) in [6.45, 7) is 0.820. The molecule has 0 aliphatic heterocycles. The van der Waals surface area contributed by atoms with E-state index in [0.29, 0.717) is 19.6 Å². The maximum atomic E-state index is 9.42. The van der Waals surface area contributed by atoms with E-state index < -0.39 is 11.5 Å². The summed E-state index contributed by atoms with van der Waals surface area (Å²) in [6.07, 6.45) is 3.32. The number of aliphatic hydroxyl groups is 1. The Labute approximate surface area is 101 Å². The molecule has 0 saturated carbocycles. The molecule has 1 N–H and O–H groups in total. The van der Waals surface area contributed by atoms with Gasteiger partial charge in [-0.2, -0.15) is 5.26 Å². The fourth-order valence-electron chi connectivity index (χ4n) is 1.95. The number of aliphatic hydroxyl groups excluding tert-OH is 1. The Balaban J connectivity index is 1.86. The van der Waals surface area contributed by atoms with E-state index in [1.807, 2.05) is 30.3 Å². The van der Waals surface area contributed by atoms with Crippen molar-refractivity contribution < 1.29 is 9.84 Å². The second kappa shape index (κ2) is 5.13. The first-order valence-corrected chi connectivity index (χ1v) is 5.64. The number of benzene rings is 1. The molecule has 3 nitrogen and oxygen atoms in total. The van der Waals surface area contributed by atoms with Crippen LogP contribution in [0.4, 0.5) is 0 Å². The van der Waals surface area contributed by atoms with Crippen molar-refractivity contribution in [3.8, 4) is 6.07 Å². The van der Waals surface area contributed by atoms with Gasteiger partial charge in [-0.05, 0) is 5.56 Å². The smallest absolute Gasteiger partial charge is 0.101 e. The van der Waals surface area contributed by atoms with Crippen LogP contribution in [0, 0.1) is 16.7 Å². The van der Waals surface area contributed by atoms with Gasteiger partial charge in [0.15, 0.2) is 0 Å². The predicted molar refractivity (Wildman–Crippen MR) is 63.9 cm³/mol. The third-order valence-electron chi connectivity index (χ3n) is 2.90. The van der Waals surface area contributed by atoms with Crippen LogP contribution in [0.5, 0.6) is 0 Å². The number of nitriles is 1. The molecule has 1 aromatic carbocycles. The van der Waals surface area contributed by atoms with Gasteiger partial charge < -0.3 is 9.84 Å². The largest absolute Gasteiger partial charge is 0.389 e. The molecule has 0 bridgehead atoms. The Bertz CT molecular complexity index is 435. The van der Waals surface area contributed by atoms with Crippen LogP contribution in [0.3, 0.4) is 0 Å². The van der Waals surface area contributed by atoms with Gasteiger partial charge in [-0.25, -0.2) is 0 Å². The van der Waals surface area contributed by atoms with E-state index in [-0.39, 0.29) is 0 Å². The molecule has 1 aromatic rings. The van der Waals surface area contributed by atoms with Crippen LogP contribution in [-0.2, 0) is 11.3 Å². The van der Waals surface area contributed by atoms with Gasteiger partial charge in [0.05, 0.1) is 25.4 Å². The highest BCUT2D eigenvalue weighted by atomic mass is 16.5. The molecular weight excluding hydrogens is 214 g/mol. The highest BCUT2D eigenvalue weighted by molar-refractivity contribution is 5.21. The van der Waals surface area contributed by atoms with Crippen molar-refractivity contribution in [1.82, 2.24) is 0 Å². The van der Waals surface area contributed by atoms with Crippen LogP contribution < -0.4 is 0 Å². The minimum atomic E-state index is -0.659. The molecule has 17 heavy (non-hydrogen) atoms. The summed E-state index contributed by atoms with van der Waals surface area (Å²) in [7, 11) is 0. The Morgan fingerprint density at radius 2 is 2.18 bits per heavy atom. The van der Waals surface area contributed by atoms with Gasteiger partial charge in [0.25, 0.3) is 0 Å². The third-order valence-corrected chi connectivity index (χ3v) is 2.90. The molecule has 1 aliphatic carbocycles. The van der Waals surface area contributed by atoms with Crippen LogP contribution in [0.15, 0.2) is 42.5 Å². The van der Waals surface area contributed by atoms with E-state index >= 15 is 0 Å². The monoisotopic (exact) mass is 229 g/mol. The maximum Gasteiger partial charge on any atom is 0.101 e. The zero-order valence-corrected chi connectivity index (χ0v) is 9.54. The molecule has 0 heterocycles. The van der Waals surface area contributed by atoms with Crippen molar-refractivity contribution >= 4 is 0 Å². The first-order chi connectivity index (χ1) is 8.24. The number of hydrogen-bond acceptors (Lipinski definition) is 3. The minimum absolute atomic E-state index is 0.325. The molecule has 0 spiro atoms. The van der Waals surface area contributed by atoms with Crippen LogP contribution in [0.1, 0.15) is 12.0 Å². The van der Waals surface area contributed by atoms with Gasteiger partial charge in [0.2, 0.25) is 0 Å². The summed E-state index contributed by atoms with van der Waals surface area (Å²) in [4.78, 5) is 0.